The van der Waals surface area contributed by atoms with Gasteiger partial charge in [-0.05, 0) is 13.3 Å². The molecule has 2 heterocycles. The number of thioether (sulfide) groups is 1. The summed E-state index contributed by atoms with van der Waals surface area (Å²) in [4.78, 5) is 28.8. The first-order chi connectivity index (χ1) is 10.0. The van der Waals surface area contributed by atoms with Crippen LogP contribution in [0.15, 0.2) is 5.16 Å². The summed E-state index contributed by atoms with van der Waals surface area (Å²) < 4.78 is 0. The number of carbonyl (C=O) groups is 2. The standard InChI is InChI=1S/C12H20N6O2S/c1-8-14-11(17-16-8)21-6-4-13-12(20)18-5-3-10(7-18)15-9(2)19/h10H,3-7H2,1-2H3,(H,13,20)(H,15,19)(H,14,16,17)/t10-/m0/s1. The first-order valence-electron chi connectivity index (χ1n) is 6.86. The summed E-state index contributed by atoms with van der Waals surface area (Å²) in [6.07, 6.45) is 0.804. The lowest BCUT2D eigenvalue weighted by molar-refractivity contribution is -0.119. The Kier molecular flexibility index (Phi) is 5.43. The van der Waals surface area contributed by atoms with Crippen LogP contribution in [0.4, 0.5) is 4.79 Å². The molecule has 0 radical (unpaired) electrons. The average Bonchev–Trinajstić information content (AvgIpc) is 3.03. The van der Waals surface area contributed by atoms with Crippen molar-refractivity contribution in [2.24, 2.45) is 0 Å². The second-order valence-electron chi connectivity index (χ2n) is 4.92. The van der Waals surface area contributed by atoms with Crippen molar-refractivity contribution in [2.75, 3.05) is 25.4 Å². The van der Waals surface area contributed by atoms with Gasteiger partial charge in [-0.15, -0.1) is 5.10 Å². The molecule has 0 saturated carbocycles. The van der Waals surface area contributed by atoms with E-state index in [-0.39, 0.29) is 18.0 Å². The Hall–Kier alpha value is -1.77. The normalized spacial score (nSPS) is 17.8. The van der Waals surface area contributed by atoms with Gasteiger partial charge in [-0.3, -0.25) is 9.89 Å². The number of rotatable bonds is 5. The van der Waals surface area contributed by atoms with E-state index in [1.165, 1.54) is 18.7 Å². The molecule has 116 valence electrons. The van der Waals surface area contributed by atoms with Crippen molar-refractivity contribution in [3.05, 3.63) is 5.82 Å². The Morgan fingerprint density at radius 3 is 3.00 bits per heavy atom. The molecule has 2 rings (SSSR count). The highest BCUT2D eigenvalue weighted by atomic mass is 32.2. The first-order valence-corrected chi connectivity index (χ1v) is 7.85. The zero-order valence-corrected chi connectivity index (χ0v) is 13.0. The van der Waals surface area contributed by atoms with Gasteiger partial charge in [0.2, 0.25) is 11.1 Å². The molecular weight excluding hydrogens is 292 g/mol. The molecule has 3 N–H and O–H groups in total. The number of aryl methyl sites for hydroxylation is 1. The lowest BCUT2D eigenvalue weighted by Crippen LogP contribution is -2.42. The highest BCUT2D eigenvalue weighted by Gasteiger charge is 2.26. The topological polar surface area (TPSA) is 103 Å². The number of nitrogens with one attached hydrogen (secondary N) is 3. The number of aromatic amines is 1. The van der Waals surface area contributed by atoms with Gasteiger partial charge in [0.25, 0.3) is 0 Å². The van der Waals surface area contributed by atoms with Gasteiger partial charge in [-0.1, -0.05) is 11.8 Å². The molecular formula is C12H20N6O2S. The van der Waals surface area contributed by atoms with Gasteiger partial charge < -0.3 is 15.5 Å². The summed E-state index contributed by atoms with van der Waals surface area (Å²) in [5.41, 5.74) is 0. The van der Waals surface area contributed by atoms with Gasteiger partial charge in [0.05, 0.1) is 0 Å². The second-order valence-corrected chi connectivity index (χ2v) is 5.98. The van der Waals surface area contributed by atoms with Crippen LogP contribution in [-0.2, 0) is 4.79 Å². The van der Waals surface area contributed by atoms with Gasteiger partial charge in [0.15, 0.2) is 0 Å². The van der Waals surface area contributed by atoms with Crippen molar-refractivity contribution < 1.29 is 9.59 Å². The van der Waals surface area contributed by atoms with Crippen LogP contribution in [0.25, 0.3) is 0 Å². The predicted octanol–water partition coefficient (Wildman–Crippen LogP) is 0.125. The molecule has 3 amide bonds. The summed E-state index contributed by atoms with van der Waals surface area (Å²) in [7, 11) is 0. The van der Waals surface area contributed by atoms with Crippen LogP contribution >= 0.6 is 11.8 Å². The van der Waals surface area contributed by atoms with Crippen LogP contribution in [-0.4, -0.2) is 63.4 Å². The molecule has 0 aromatic carbocycles. The summed E-state index contributed by atoms with van der Waals surface area (Å²) in [6.45, 7) is 5.13. The molecule has 21 heavy (non-hydrogen) atoms. The Labute approximate surface area is 127 Å². The quantitative estimate of drug-likeness (QED) is 0.529. The van der Waals surface area contributed by atoms with E-state index >= 15 is 0 Å². The number of likely N-dealkylation sites (tertiary alicyclic amines) is 1. The van der Waals surface area contributed by atoms with Crippen LogP contribution in [0, 0.1) is 6.92 Å². The SMILES string of the molecule is CC(=O)N[C@H]1CCN(C(=O)NCCSc2n[nH]c(C)n2)C1. The van der Waals surface area contributed by atoms with E-state index in [1.807, 2.05) is 6.92 Å². The monoisotopic (exact) mass is 312 g/mol. The van der Waals surface area contributed by atoms with Crippen molar-refractivity contribution in [2.45, 2.75) is 31.5 Å². The Morgan fingerprint density at radius 2 is 2.33 bits per heavy atom. The minimum Gasteiger partial charge on any atom is -0.352 e. The minimum absolute atomic E-state index is 0.0551. The van der Waals surface area contributed by atoms with Crippen molar-refractivity contribution in [1.29, 1.82) is 0 Å². The fraction of sp³-hybridized carbons (Fsp3) is 0.667. The fourth-order valence-corrected chi connectivity index (χ4v) is 2.85. The van der Waals surface area contributed by atoms with E-state index in [0.29, 0.717) is 30.5 Å². The molecule has 1 aliphatic rings. The van der Waals surface area contributed by atoms with E-state index in [2.05, 4.69) is 25.8 Å². The van der Waals surface area contributed by atoms with Gasteiger partial charge >= 0.3 is 6.03 Å². The largest absolute Gasteiger partial charge is 0.352 e. The number of amides is 3. The molecule has 0 bridgehead atoms. The number of urea groups is 1. The van der Waals surface area contributed by atoms with Crippen molar-refractivity contribution >= 4 is 23.7 Å². The van der Waals surface area contributed by atoms with Crippen molar-refractivity contribution in [3.8, 4) is 0 Å². The van der Waals surface area contributed by atoms with Crippen molar-refractivity contribution in [3.63, 3.8) is 0 Å². The molecule has 0 unspecified atom stereocenters. The predicted molar refractivity (Wildman–Crippen MR) is 79.0 cm³/mol. The summed E-state index contributed by atoms with van der Waals surface area (Å²) in [5.74, 6) is 1.44. The van der Waals surface area contributed by atoms with Crippen LogP contribution in [0.5, 0.6) is 0 Å². The van der Waals surface area contributed by atoms with Gasteiger partial charge in [0, 0.05) is 38.4 Å². The molecule has 0 aliphatic carbocycles. The maximum Gasteiger partial charge on any atom is 0.317 e. The van der Waals surface area contributed by atoms with E-state index in [1.54, 1.807) is 4.90 Å². The molecule has 1 aromatic rings. The first kappa shape index (κ1) is 15.6. The lowest BCUT2D eigenvalue weighted by atomic mass is 10.3. The lowest BCUT2D eigenvalue weighted by Gasteiger charge is -2.17. The number of aromatic nitrogens is 3. The third-order valence-corrected chi connectivity index (χ3v) is 3.92. The van der Waals surface area contributed by atoms with Crippen LogP contribution < -0.4 is 10.6 Å². The molecule has 1 saturated heterocycles. The van der Waals surface area contributed by atoms with E-state index < -0.39 is 0 Å². The summed E-state index contributed by atoms with van der Waals surface area (Å²) >= 11 is 1.49. The van der Waals surface area contributed by atoms with Crippen LogP contribution in [0.1, 0.15) is 19.2 Å². The van der Waals surface area contributed by atoms with Crippen LogP contribution in [0.3, 0.4) is 0 Å². The molecule has 1 aliphatic heterocycles. The second kappa shape index (κ2) is 7.30. The number of H-pyrrole nitrogens is 1. The Morgan fingerprint density at radius 1 is 1.52 bits per heavy atom. The molecule has 1 aromatic heterocycles. The van der Waals surface area contributed by atoms with Gasteiger partial charge in [-0.25, -0.2) is 9.78 Å². The third-order valence-electron chi connectivity index (χ3n) is 3.07. The smallest absolute Gasteiger partial charge is 0.317 e. The summed E-state index contributed by atoms with van der Waals surface area (Å²) in [5, 5.41) is 13.2. The highest BCUT2D eigenvalue weighted by Crippen LogP contribution is 2.11. The average molecular weight is 312 g/mol. The zero-order chi connectivity index (χ0) is 15.2. The molecule has 0 spiro atoms. The maximum absolute atomic E-state index is 11.9. The van der Waals surface area contributed by atoms with E-state index in [9.17, 15) is 9.59 Å². The third kappa shape index (κ3) is 4.92. The van der Waals surface area contributed by atoms with Gasteiger partial charge in [-0.2, -0.15) is 0 Å². The fourth-order valence-electron chi connectivity index (χ4n) is 2.15. The summed E-state index contributed by atoms with van der Waals surface area (Å²) in [6, 6.07) is -0.0199. The van der Waals surface area contributed by atoms with E-state index in [0.717, 1.165) is 12.2 Å². The zero-order valence-electron chi connectivity index (χ0n) is 12.2. The molecule has 1 fully saturated rings. The van der Waals surface area contributed by atoms with Crippen molar-refractivity contribution in [1.82, 2.24) is 30.7 Å². The molecule has 9 heteroatoms. The number of nitrogens with zero attached hydrogens (tertiary/aromatic N) is 3. The Balaban J connectivity index is 1.62. The van der Waals surface area contributed by atoms with Gasteiger partial charge in [0.1, 0.15) is 5.82 Å². The van der Waals surface area contributed by atoms with E-state index in [4.69, 9.17) is 0 Å². The Bertz CT molecular complexity index is 506. The minimum atomic E-state index is -0.0883. The number of hydrogen-bond acceptors (Lipinski definition) is 5. The number of hydrogen-bond donors (Lipinski definition) is 3. The molecule has 8 nitrogen and oxygen atoms in total. The maximum atomic E-state index is 11.9. The highest BCUT2D eigenvalue weighted by molar-refractivity contribution is 7.99. The molecule has 1 atom stereocenters. The number of carbonyl (C=O) groups excluding carboxylic acids is 2. The van der Waals surface area contributed by atoms with Crippen LogP contribution in [0.2, 0.25) is 0 Å².